The van der Waals surface area contributed by atoms with E-state index >= 15 is 0 Å². The Hall–Kier alpha value is -1.32. The van der Waals surface area contributed by atoms with Gasteiger partial charge in [-0.15, -0.1) is 0 Å². The molecule has 0 radical (unpaired) electrons. The Balaban J connectivity index is 2.08. The van der Waals surface area contributed by atoms with E-state index in [0.29, 0.717) is 6.04 Å². The molecule has 1 heterocycles. The van der Waals surface area contributed by atoms with Crippen molar-refractivity contribution in [3.63, 3.8) is 0 Å². The van der Waals surface area contributed by atoms with Crippen LogP contribution in [0.15, 0.2) is 52.5 Å². The number of nitrogens with one attached hydrogen (secondary N) is 1. The zero-order chi connectivity index (χ0) is 13.0. The van der Waals surface area contributed by atoms with E-state index in [1.165, 1.54) is 16.0 Å². The lowest BCUT2D eigenvalue weighted by Crippen LogP contribution is -2.12. The fraction of sp³-hybridized carbons (Fsp3) is 0.267. The highest BCUT2D eigenvalue weighted by Gasteiger charge is 2.03. The molecule has 2 rings (SSSR count). The molecule has 1 N–H and O–H groups in total. The predicted octanol–water partition coefficient (Wildman–Crippen LogP) is 3.82. The normalized spacial score (nSPS) is 12.4. The molecule has 18 heavy (non-hydrogen) atoms. The highest BCUT2D eigenvalue weighted by atomic mass is 32.2. The Morgan fingerprint density at radius 2 is 1.83 bits per heavy atom. The van der Waals surface area contributed by atoms with Crippen LogP contribution in [0.1, 0.15) is 24.1 Å². The van der Waals surface area contributed by atoms with Crippen LogP contribution in [0, 0.1) is 6.92 Å². The number of aryl methyl sites for hydroxylation is 1. The Labute approximate surface area is 113 Å². The van der Waals surface area contributed by atoms with Crippen molar-refractivity contribution in [2.45, 2.75) is 29.8 Å². The van der Waals surface area contributed by atoms with Gasteiger partial charge in [-0.3, -0.25) is 0 Å². The first-order chi connectivity index (χ1) is 8.69. The second kappa shape index (κ2) is 6.03. The second-order valence-electron chi connectivity index (χ2n) is 4.36. The van der Waals surface area contributed by atoms with Gasteiger partial charge in [0.05, 0.1) is 0 Å². The molecular formula is C15H18N2S. The number of hydrogen-bond acceptors (Lipinski definition) is 3. The summed E-state index contributed by atoms with van der Waals surface area (Å²) in [6, 6.07) is 13.1. The van der Waals surface area contributed by atoms with Gasteiger partial charge in [-0.1, -0.05) is 35.5 Å². The lowest BCUT2D eigenvalue weighted by molar-refractivity contribution is 0.648. The highest BCUT2D eigenvalue weighted by molar-refractivity contribution is 7.99. The number of rotatable bonds is 4. The topological polar surface area (TPSA) is 24.9 Å². The quantitative estimate of drug-likeness (QED) is 0.902. The van der Waals surface area contributed by atoms with Gasteiger partial charge in [-0.25, -0.2) is 4.98 Å². The molecule has 1 aromatic heterocycles. The van der Waals surface area contributed by atoms with Crippen molar-refractivity contribution < 1.29 is 0 Å². The van der Waals surface area contributed by atoms with Crippen LogP contribution in [0.2, 0.25) is 0 Å². The molecular weight excluding hydrogens is 240 g/mol. The van der Waals surface area contributed by atoms with Gasteiger partial charge in [0, 0.05) is 17.1 Å². The summed E-state index contributed by atoms with van der Waals surface area (Å²) in [6.45, 7) is 4.23. The number of aromatic nitrogens is 1. The van der Waals surface area contributed by atoms with Gasteiger partial charge in [-0.2, -0.15) is 0 Å². The molecule has 1 unspecified atom stereocenters. The van der Waals surface area contributed by atoms with Gasteiger partial charge in [-0.05, 0) is 44.7 Å². The van der Waals surface area contributed by atoms with Gasteiger partial charge < -0.3 is 5.32 Å². The molecule has 1 aromatic carbocycles. The van der Waals surface area contributed by atoms with E-state index in [1.54, 1.807) is 11.8 Å². The minimum absolute atomic E-state index is 0.343. The van der Waals surface area contributed by atoms with Gasteiger partial charge in [0.15, 0.2) is 0 Å². The molecule has 0 aliphatic carbocycles. The van der Waals surface area contributed by atoms with Crippen LogP contribution in [0.4, 0.5) is 0 Å². The minimum atomic E-state index is 0.343. The first-order valence-corrected chi connectivity index (χ1v) is 6.88. The predicted molar refractivity (Wildman–Crippen MR) is 77.0 cm³/mol. The molecule has 2 nitrogen and oxygen atoms in total. The summed E-state index contributed by atoms with van der Waals surface area (Å²) < 4.78 is 0. The fourth-order valence-corrected chi connectivity index (χ4v) is 2.36. The maximum Gasteiger partial charge on any atom is 0.101 e. The smallest absolute Gasteiger partial charge is 0.101 e. The third kappa shape index (κ3) is 3.34. The van der Waals surface area contributed by atoms with E-state index in [2.05, 4.69) is 60.5 Å². The summed E-state index contributed by atoms with van der Waals surface area (Å²) in [5.41, 5.74) is 2.50. The maximum absolute atomic E-state index is 4.49. The molecule has 0 aliphatic heterocycles. The standard InChI is InChI=1S/C15H18N2S/c1-11-4-7-14(8-5-11)18-15-9-6-13(10-17-15)12(2)16-3/h4-10,12,16H,1-3H3. The van der Waals surface area contributed by atoms with Gasteiger partial charge in [0.1, 0.15) is 5.03 Å². The average Bonchev–Trinajstić information content (AvgIpc) is 2.41. The Morgan fingerprint density at radius 1 is 1.11 bits per heavy atom. The summed E-state index contributed by atoms with van der Waals surface area (Å²) in [4.78, 5) is 5.71. The van der Waals surface area contributed by atoms with Crippen molar-refractivity contribution in [3.8, 4) is 0 Å². The van der Waals surface area contributed by atoms with E-state index in [-0.39, 0.29) is 0 Å². The second-order valence-corrected chi connectivity index (χ2v) is 5.45. The van der Waals surface area contributed by atoms with Crippen molar-refractivity contribution in [3.05, 3.63) is 53.7 Å². The Morgan fingerprint density at radius 3 is 2.39 bits per heavy atom. The largest absolute Gasteiger partial charge is 0.313 e. The zero-order valence-electron chi connectivity index (χ0n) is 11.0. The zero-order valence-corrected chi connectivity index (χ0v) is 11.8. The molecule has 0 saturated heterocycles. The van der Waals surface area contributed by atoms with Gasteiger partial charge in [0.2, 0.25) is 0 Å². The molecule has 2 aromatic rings. The summed E-state index contributed by atoms with van der Waals surface area (Å²) >= 11 is 1.69. The summed E-state index contributed by atoms with van der Waals surface area (Å²) in [5.74, 6) is 0. The minimum Gasteiger partial charge on any atom is -0.313 e. The van der Waals surface area contributed by atoms with Crippen LogP contribution in [-0.4, -0.2) is 12.0 Å². The SMILES string of the molecule is CNC(C)c1ccc(Sc2ccc(C)cc2)nc1. The summed E-state index contributed by atoms with van der Waals surface area (Å²) in [5, 5.41) is 4.24. The van der Waals surface area contributed by atoms with Crippen molar-refractivity contribution in [1.29, 1.82) is 0 Å². The Kier molecular flexibility index (Phi) is 4.39. The van der Waals surface area contributed by atoms with Crippen LogP contribution in [0.3, 0.4) is 0 Å². The third-order valence-corrected chi connectivity index (χ3v) is 3.89. The summed E-state index contributed by atoms with van der Waals surface area (Å²) in [6.07, 6.45) is 1.94. The number of nitrogens with zero attached hydrogens (tertiary/aromatic N) is 1. The van der Waals surface area contributed by atoms with E-state index in [4.69, 9.17) is 0 Å². The van der Waals surface area contributed by atoms with Crippen molar-refractivity contribution >= 4 is 11.8 Å². The molecule has 0 bridgehead atoms. The number of benzene rings is 1. The fourth-order valence-electron chi connectivity index (χ4n) is 1.60. The monoisotopic (exact) mass is 258 g/mol. The molecule has 0 spiro atoms. The van der Waals surface area contributed by atoms with Crippen LogP contribution in [0.5, 0.6) is 0 Å². The maximum atomic E-state index is 4.49. The van der Waals surface area contributed by atoms with Crippen LogP contribution in [0.25, 0.3) is 0 Å². The Bertz CT molecular complexity index is 491. The van der Waals surface area contributed by atoms with Gasteiger partial charge in [0.25, 0.3) is 0 Å². The van der Waals surface area contributed by atoms with Crippen LogP contribution >= 0.6 is 11.8 Å². The number of pyridine rings is 1. The summed E-state index contributed by atoms with van der Waals surface area (Å²) in [7, 11) is 1.96. The van der Waals surface area contributed by atoms with E-state index in [0.717, 1.165) is 5.03 Å². The van der Waals surface area contributed by atoms with E-state index in [1.807, 2.05) is 13.2 Å². The molecule has 0 saturated carbocycles. The van der Waals surface area contributed by atoms with Crippen molar-refractivity contribution in [2.75, 3.05) is 7.05 Å². The highest BCUT2D eigenvalue weighted by Crippen LogP contribution is 2.26. The molecule has 94 valence electrons. The average molecular weight is 258 g/mol. The van der Waals surface area contributed by atoms with Crippen LogP contribution in [-0.2, 0) is 0 Å². The molecule has 0 fully saturated rings. The first-order valence-electron chi connectivity index (χ1n) is 6.07. The molecule has 0 amide bonds. The molecule has 3 heteroatoms. The lowest BCUT2D eigenvalue weighted by Gasteiger charge is -2.10. The van der Waals surface area contributed by atoms with Crippen molar-refractivity contribution in [1.82, 2.24) is 10.3 Å². The van der Waals surface area contributed by atoms with Gasteiger partial charge >= 0.3 is 0 Å². The first kappa shape index (κ1) is 13.1. The van der Waals surface area contributed by atoms with Crippen molar-refractivity contribution in [2.24, 2.45) is 0 Å². The molecule has 0 aliphatic rings. The van der Waals surface area contributed by atoms with E-state index < -0.39 is 0 Å². The third-order valence-electron chi connectivity index (χ3n) is 2.94. The van der Waals surface area contributed by atoms with Crippen LogP contribution < -0.4 is 5.32 Å². The lowest BCUT2D eigenvalue weighted by atomic mass is 10.1. The van der Waals surface area contributed by atoms with E-state index in [9.17, 15) is 0 Å². The molecule has 1 atom stereocenters. The number of hydrogen-bond donors (Lipinski definition) is 1.